The van der Waals surface area contributed by atoms with Crippen molar-refractivity contribution in [1.82, 2.24) is 9.88 Å². The van der Waals surface area contributed by atoms with Gasteiger partial charge in [0.05, 0.1) is 13.2 Å². The van der Waals surface area contributed by atoms with Gasteiger partial charge in [0.25, 0.3) is 0 Å². The fourth-order valence-electron chi connectivity index (χ4n) is 1.58. The maximum Gasteiger partial charge on any atom is 0.213 e. The van der Waals surface area contributed by atoms with E-state index >= 15 is 0 Å². The Hall–Kier alpha value is -1.13. The summed E-state index contributed by atoms with van der Waals surface area (Å²) in [7, 11) is 0. The molecule has 1 aromatic heterocycles. The van der Waals surface area contributed by atoms with Crippen molar-refractivity contribution in [3.8, 4) is 5.88 Å². The molecule has 2 heterocycles. The van der Waals surface area contributed by atoms with Gasteiger partial charge in [-0.25, -0.2) is 4.98 Å². The van der Waals surface area contributed by atoms with Crippen LogP contribution in [0.5, 0.6) is 5.88 Å². The van der Waals surface area contributed by atoms with Crippen molar-refractivity contribution in [2.45, 2.75) is 0 Å². The lowest BCUT2D eigenvalue weighted by molar-refractivity contribution is 0.0320. The molecule has 0 aliphatic carbocycles. The highest BCUT2D eigenvalue weighted by atomic mass is 16.5. The Bertz CT molecular complexity index is 307. The summed E-state index contributed by atoms with van der Waals surface area (Å²) >= 11 is 0. The first-order valence-electron chi connectivity index (χ1n) is 5.49. The average Bonchev–Trinajstić information content (AvgIpc) is 2.33. The first kappa shape index (κ1) is 11.4. The van der Waals surface area contributed by atoms with E-state index in [1.807, 2.05) is 0 Å². The zero-order valence-corrected chi connectivity index (χ0v) is 9.26. The van der Waals surface area contributed by atoms with Crippen LogP contribution in [0.2, 0.25) is 0 Å². The summed E-state index contributed by atoms with van der Waals surface area (Å²) in [4.78, 5) is 6.39. The molecule has 1 aliphatic heterocycles. The molecule has 0 spiro atoms. The van der Waals surface area contributed by atoms with Crippen molar-refractivity contribution in [1.29, 1.82) is 0 Å². The van der Waals surface area contributed by atoms with Crippen LogP contribution in [-0.2, 0) is 4.74 Å². The standard InChI is InChI=1S/C12H16N2O2/c1-11-2-3-12(13-10-11)16-9-6-14-4-7-15-8-5-14/h1-3,10H,4-9H2. The van der Waals surface area contributed by atoms with E-state index in [-0.39, 0.29) is 0 Å². The van der Waals surface area contributed by atoms with Crippen LogP contribution in [0.25, 0.3) is 0 Å². The fourth-order valence-corrected chi connectivity index (χ4v) is 1.58. The molecule has 1 aliphatic rings. The summed E-state index contributed by atoms with van der Waals surface area (Å²) in [6, 6.07) is 3.58. The van der Waals surface area contributed by atoms with Crippen molar-refractivity contribution < 1.29 is 9.47 Å². The van der Waals surface area contributed by atoms with Gasteiger partial charge in [0.2, 0.25) is 5.88 Å². The molecule has 0 N–H and O–H groups in total. The maximum atomic E-state index is 5.53. The van der Waals surface area contributed by atoms with Gasteiger partial charge >= 0.3 is 0 Å². The Balaban J connectivity index is 1.69. The van der Waals surface area contributed by atoms with Crippen LogP contribution < -0.4 is 4.74 Å². The first-order valence-corrected chi connectivity index (χ1v) is 5.49. The Morgan fingerprint density at radius 1 is 1.38 bits per heavy atom. The Morgan fingerprint density at radius 3 is 2.88 bits per heavy atom. The zero-order chi connectivity index (χ0) is 11.2. The number of hydrogen-bond donors (Lipinski definition) is 0. The van der Waals surface area contributed by atoms with Gasteiger partial charge in [-0.1, -0.05) is 6.07 Å². The van der Waals surface area contributed by atoms with E-state index in [0.717, 1.165) is 32.8 Å². The van der Waals surface area contributed by atoms with E-state index in [9.17, 15) is 0 Å². The monoisotopic (exact) mass is 220 g/mol. The molecule has 4 heteroatoms. The lowest BCUT2D eigenvalue weighted by Gasteiger charge is -2.26. The van der Waals surface area contributed by atoms with Crippen LogP contribution in [0.15, 0.2) is 18.3 Å². The van der Waals surface area contributed by atoms with Crippen molar-refractivity contribution in [3.05, 3.63) is 30.8 Å². The van der Waals surface area contributed by atoms with Gasteiger partial charge in [0.15, 0.2) is 0 Å². The number of nitrogens with zero attached hydrogens (tertiary/aromatic N) is 2. The summed E-state index contributed by atoms with van der Waals surface area (Å²) in [6.07, 6.45) is 1.60. The zero-order valence-electron chi connectivity index (χ0n) is 9.26. The molecule has 0 bridgehead atoms. The summed E-state index contributed by atoms with van der Waals surface area (Å²) in [5.41, 5.74) is 0.653. The summed E-state index contributed by atoms with van der Waals surface area (Å²) in [5.74, 6) is 0.627. The Morgan fingerprint density at radius 2 is 2.19 bits per heavy atom. The third-order valence-electron chi connectivity index (χ3n) is 2.52. The van der Waals surface area contributed by atoms with Crippen LogP contribution in [0.1, 0.15) is 5.56 Å². The molecule has 0 atom stereocenters. The minimum atomic E-state index is 0.627. The second-order valence-corrected chi connectivity index (χ2v) is 3.73. The van der Waals surface area contributed by atoms with Gasteiger partial charge in [-0.3, -0.25) is 4.90 Å². The lowest BCUT2D eigenvalue weighted by Crippen LogP contribution is -2.38. The molecule has 0 saturated carbocycles. The normalized spacial score (nSPS) is 17.3. The molecule has 1 fully saturated rings. The fraction of sp³-hybridized carbons (Fsp3) is 0.500. The maximum absolute atomic E-state index is 5.53. The van der Waals surface area contributed by atoms with E-state index in [1.54, 1.807) is 18.3 Å². The van der Waals surface area contributed by atoms with Crippen LogP contribution in [0.4, 0.5) is 0 Å². The third-order valence-corrected chi connectivity index (χ3v) is 2.52. The number of ether oxygens (including phenoxy) is 2. The quantitative estimate of drug-likeness (QED) is 0.753. The van der Waals surface area contributed by atoms with Crippen LogP contribution in [0, 0.1) is 6.92 Å². The molecular weight excluding hydrogens is 204 g/mol. The number of hydrogen-bond acceptors (Lipinski definition) is 4. The number of pyridine rings is 1. The lowest BCUT2D eigenvalue weighted by atomic mass is 10.3. The molecule has 2 radical (unpaired) electrons. The van der Waals surface area contributed by atoms with E-state index in [0.29, 0.717) is 18.1 Å². The molecule has 0 unspecified atom stereocenters. The van der Waals surface area contributed by atoms with Crippen molar-refractivity contribution in [3.63, 3.8) is 0 Å². The van der Waals surface area contributed by atoms with Crippen LogP contribution in [0.3, 0.4) is 0 Å². The van der Waals surface area contributed by atoms with Crippen molar-refractivity contribution in [2.24, 2.45) is 0 Å². The second kappa shape index (κ2) is 5.82. The number of morpholine rings is 1. The predicted octanol–water partition coefficient (Wildman–Crippen LogP) is 0.852. The molecular formula is C12H16N2O2. The summed E-state index contributed by atoms with van der Waals surface area (Å²) in [5, 5.41) is 0. The van der Waals surface area contributed by atoms with E-state index in [4.69, 9.17) is 16.4 Å². The Labute approximate surface area is 96.2 Å². The van der Waals surface area contributed by atoms with Gasteiger partial charge < -0.3 is 9.47 Å². The average molecular weight is 220 g/mol. The molecule has 1 saturated heterocycles. The van der Waals surface area contributed by atoms with Crippen LogP contribution in [-0.4, -0.2) is 49.3 Å². The van der Waals surface area contributed by atoms with E-state index < -0.39 is 0 Å². The van der Waals surface area contributed by atoms with Gasteiger partial charge in [0, 0.05) is 38.8 Å². The highest BCUT2D eigenvalue weighted by molar-refractivity contribution is 5.19. The SMILES string of the molecule is [CH]c1ccc(OCCN2CCOCC2)nc1. The first-order chi connectivity index (χ1) is 7.84. The molecule has 16 heavy (non-hydrogen) atoms. The molecule has 2 rings (SSSR count). The minimum Gasteiger partial charge on any atom is -0.476 e. The second-order valence-electron chi connectivity index (χ2n) is 3.73. The van der Waals surface area contributed by atoms with Crippen LogP contribution >= 0.6 is 0 Å². The topological polar surface area (TPSA) is 34.6 Å². The van der Waals surface area contributed by atoms with Crippen molar-refractivity contribution >= 4 is 0 Å². The van der Waals surface area contributed by atoms with Gasteiger partial charge in [0.1, 0.15) is 6.61 Å². The van der Waals surface area contributed by atoms with Gasteiger partial charge in [-0.2, -0.15) is 0 Å². The highest BCUT2D eigenvalue weighted by Crippen LogP contribution is 2.06. The van der Waals surface area contributed by atoms with E-state index in [1.165, 1.54) is 0 Å². The molecule has 1 aromatic rings. The van der Waals surface area contributed by atoms with E-state index in [2.05, 4.69) is 9.88 Å². The largest absolute Gasteiger partial charge is 0.476 e. The van der Waals surface area contributed by atoms with Gasteiger partial charge in [-0.05, 0) is 5.56 Å². The molecule has 0 aromatic carbocycles. The summed E-state index contributed by atoms with van der Waals surface area (Å²) in [6.45, 7) is 10.7. The third kappa shape index (κ3) is 3.47. The predicted molar refractivity (Wildman–Crippen MR) is 60.4 cm³/mol. The smallest absolute Gasteiger partial charge is 0.213 e. The number of aromatic nitrogens is 1. The highest BCUT2D eigenvalue weighted by Gasteiger charge is 2.09. The Kier molecular flexibility index (Phi) is 4.13. The molecule has 86 valence electrons. The molecule has 0 amide bonds. The van der Waals surface area contributed by atoms with Crippen molar-refractivity contribution in [2.75, 3.05) is 39.5 Å². The number of rotatable bonds is 4. The minimum absolute atomic E-state index is 0.627. The summed E-state index contributed by atoms with van der Waals surface area (Å²) < 4.78 is 10.8. The molecule has 4 nitrogen and oxygen atoms in total. The van der Waals surface area contributed by atoms with Gasteiger partial charge in [-0.15, -0.1) is 0 Å².